The van der Waals surface area contributed by atoms with Crippen LogP contribution in [0.25, 0.3) is 10.8 Å². The molecular weight excluding hydrogens is 298 g/mol. The summed E-state index contributed by atoms with van der Waals surface area (Å²) in [4.78, 5) is 4.35. The summed E-state index contributed by atoms with van der Waals surface area (Å²) in [5.41, 5.74) is 5.80. The number of aromatic nitrogens is 1. The molecule has 1 aliphatic heterocycles. The van der Waals surface area contributed by atoms with Crippen molar-refractivity contribution < 1.29 is 8.42 Å². The summed E-state index contributed by atoms with van der Waals surface area (Å²) in [6.07, 6.45) is 3.99. The molecule has 0 saturated carbocycles. The predicted molar refractivity (Wildman–Crippen MR) is 80.3 cm³/mol. The van der Waals surface area contributed by atoms with Crippen molar-refractivity contribution in [2.45, 2.75) is 17.4 Å². The van der Waals surface area contributed by atoms with Crippen LogP contribution in [0.3, 0.4) is 0 Å². The van der Waals surface area contributed by atoms with E-state index in [0.29, 0.717) is 29.8 Å². The molecule has 1 aromatic carbocycles. The van der Waals surface area contributed by atoms with Gasteiger partial charge >= 0.3 is 0 Å². The summed E-state index contributed by atoms with van der Waals surface area (Å²) in [6, 6.07) is 6.91. The van der Waals surface area contributed by atoms with Crippen LogP contribution in [-0.2, 0) is 10.0 Å². The van der Waals surface area contributed by atoms with Crippen molar-refractivity contribution in [2.75, 3.05) is 13.1 Å². The van der Waals surface area contributed by atoms with Gasteiger partial charge in [0.2, 0.25) is 10.0 Å². The average molecular weight is 314 g/mol. The molecule has 0 spiro atoms. The summed E-state index contributed by atoms with van der Waals surface area (Å²) in [7, 11) is -3.47. The van der Waals surface area contributed by atoms with Gasteiger partial charge in [-0.1, -0.05) is 12.1 Å². The van der Waals surface area contributed by atoms with Gasteiger partial charge in [-0.3, -0.25) is 4.98 Å². The van der Waals surface area contributed by atoms with E-state index in [-0.39, 0.29) is 18.4 Å². The lowest BCUT2D eigenvalue weighted by Gasteiger charge is -2.17. The Kier molecular flexibility index (Phi) is 4.29. The molecule has 1 aliphatic rings. The van der Waals surface area contributed by atoms with Crippen molar-refractivity contribution in [3.63, 3.8) is 0 Å². The second kappa shape index (κ2) is 5.65. The number of benzene rings is 1. The van der Waals surface area contributed by atoms with Gasteiger partial charge in [-0.15, -0.1) is 12.4 Å². The van der Waals surface area contributed by atoms with Crippen molar-refractivity contribution in [3.05, 3.63) is 36.7 Å². The molecule has 1 atom stereocenters. The number of nitrogens with two attached hydrogens (primary N) is 1. The molecule has 2 aromatic rings. The number of sulfonamides is 1. The molecule has 2 N–H and O–H groups in total. The predicted octanol–water partition coefficient (Wildman–Crippen LogP) is 1.38. The van der Waals surface area contributed by atoms with Crippen molar-refractivity contribution in [3.8, 4) is 0 Å². The minimum atomic E-state index is -3.47. The highest BCUT2D eigenvalue weighted by Gasteiger charge is 2.31. The van der Waals surface area contributed by atoms with E-state index >= 15 is 0 Å². The highest BCUT2D eigenvalue weighted by molar-refractivity contribution is 7.89. The maximum atomic E-state index is 12.6. The lowest BCUT2D eigenvalue weighted by molar-refractivity contribution is 0.473. The van der Waals surface area contributed by atoms with E-state index < -0.39 is 10.0 Å². The standard InChI is InChI=1S/C13H15N3O2S.ClH/c14-11-5-7-16(9-11)19(17,18)13-3-1-2-10-8-15-6-4-12(10)13;/h1-4,6,8,11H,5,7,9,14H2;1H/t11-;/m1./s1. The second-order valence-corrected chi connectivity index (χ2v) is 6.67. The first-order valence-corrected chi connectivity index (χ1v) is 7.61. The highest BCUT2D eigenvalue weighted by atomic mass is 35.5. The maximum Gasteiger partial charge on any atom is 0.243 e. The topological polar surface area (TPSA) is 76.3 Å². The van der Waals surface area contributed by atoms with E-state index in [9.17, 15) is 8.42 Å². The minimum absolute atomic E-state index is 0. The van der Waals surface area contributed by atoms with Gasteiger partial charge < -0.3 is 5.73 Å². The average Bonchev–Trinajstić information content (AvgIpc) is 2.85. The SMILES string of the molecule is Cl.N[C@@H]1CCN(S(=O)(=O)c2cccc3cnccc23)C1. The molecule has 2 heterocycles. The van der Waals surface area contributed by atoms with Crippen LogP contribution in [-0.4, -0.2) is 36.8 Å². The van der Waals surface area contributed by atoms with E-state index in [4.69, 9.17) is 5.73 Å². The van der Waals surface area contributed by atoms with Gasteiger partial charge in [0.15, 0.2) is 0 Å². The molecule has 1 aromatic heterocycles. The fourth-order valence-electron chi connectivity index (χ4n) is 2.43. The fourth-order valence-corrected chi connectivity index (χ4v) is 4.16. The van der Waals surface area contributed by atoms with Gasteiger partial charge in [0.05, 0.1) is 4.90 Å². The fraction of sp³-hybridized carbons (Fsp3) is 0.308. The van der Waals surface area contributed by atoms with E-state index in [2.05, 4.69) is 4.98 Å². The van der Waals surface area contributed by atoms with Gasteiger partial charge in [-0.25, -0.2) is 8.42 Å². The maximum absolute atomic E-state index is 12.6. The Morgan fingerprint density at radius 1 is 1.30 bits per heavy atom. The zero-order valence-electron chi connectivity index (χ0n) is 10.8. The van der Waals surface area contributed by atoms with Crippen LogP contribution in [0.4, 0.5) is 0 Å². The number of nitrogens with zero attached hydrogens (tertiary/aromatic N) is 2. The first kappa shape index (κ1) is 15.2. The molecule has 0 amide bonds. The molecule has 1 saturated heterocycles. The number of hydrogen-bond acceptors (Lipinski definition) is 4. The molecular formula is C13H16ClN3O2S. The van der Waals surface area contributed by atoms with Crippen LogP contribution < -0.4 is 5.73 Å². The molecule has 7 heteroatoms. The van der Waals surface area contributed by atoms with Crippen molar-refractivity contribution in [1.82, 2.24) is 9.29 Å². The van der Waals surface area contributed by atoms with Crippen LogP contribution in [0.2, 0.25) is 0 Å². The van der Waals surface area contributed by atoms with Gasteiger partial charge in [-0.2, -0.15) is 4.31 Å². The largest absolute Gasteiger partial charge is 0.326 e. The summed E-state index contributed by atoms with van der Waals surface area (Å²) in [6.45, 7) is 0.884. The van der Waals surface area contributed by atoms with Crippen LogP contribution in [0.15, 0.2) is 41.6 Å². The third-order valence-electron chi connectivity index (χ3n) is 3.45. The highest BCUT2D eigenvalue weighted by Crippen LogP contribution is 2.26. The van der Waals surface area contributed by atoms with E-state index in [0.717, 1.165) is 5.39 Å². The van der Waals surface area contributed by atoms with Crippen molar-refractivity contribution in [2.24, 2.45) is 5.73 Å². The van der Waals surface area contributed by atoms with Gasteiger partial charge in [-0.05, 0) is 18.6 Å². The number of rotatable bonds is 2. The third kappa shape index (κ3) is 2.52. The van der Waals surface area contributed by atoms with Crippen molar-refractivity contribution in [1.29, 1.82) is 0 Å². The summed E-state index contributed by atoms with van der Waals surface area (Å²) < 4.78 is 26.8. The normalized spacial score (nSPS) is 19.9. The van der Waals surface area contributed by atoms with Gasteiger partial charge in [0, 0.05) is 42.3 Å². The number of pyridine rings is 1. The van der Waals surface area contributed by atoms with E-state index in [1.54, 1.807) is 30.6 Å². The van der Waals surface area contributed by atoms with Crippen LogP contribution in [0, 0.1) is 0 Å². The molecule has 0 unspecified atom stereocenters. The number of fused-ring (bicyclic) bond motifs is 1. The Bertz CT molecular complexity index is 715. The monoisotopic (exact) mass is 313 g/mol. The van der Waals surface area contributed by atoms with Gasteiger partial charge in [0.25, 0.3) is 0 Å². The Labute approximate surface area is 124 Å². The van der Waals surface area contributed by atoms with Crippen LogP contribution in [0.5, 0.6) is 0 Å². The molecule has 0 aliphatic carbocycles. The quantitative estimate of drug-likeness (QED) is 0.908. The van der Waals surface area contributed by atoms with E-state index in [1.165, 1.54) is 4.31 Å². The minimum Gasteiger partial charge on any atom is -0.326 e. The first-order chi connectivity index (χ1) is 9.09. The Morgan fingerprint density at radius 2 is 2.10 bits per heavy atom. The number of hydrogen-bond donors (Lipinski definition) is 1. The number of halogens is 1. The van der Waals surface area contributed by atoms with Gasteiger partial charge in [0.1, 0.15) is 0 Å². The van der Waals surface area contributed by atoms with Crippen LogP contribution in [0.1, 0.15) is 6.42 Å². The molecule has 108 valence electrons. The van der Waals surface area contributed by atoms with E-state index in [1.807, 2.05) is 6.07 Å². The smallest absolute Gasteiger partial charge is 0.243 e. The zero-order chi connectivity index (χ0) is 13.5. The lowest BCUT2D eigenvalue weighted by Crippen LogP contribution is -2.32. The van der Waals surface area contributed by atoms with Crippen LogP contribution >= 0.6 is 12.4 Å². The molecule has 3 rings (SSSR count). The Morgan fingerprint density at radius 3 is 2.80 bits per heavy atom. The molecule has 0 bridgehead atoms. The molecule has 1 fully saturated rings. The first-order valence-electron chi connectivity index (χ1n) is 6.17. The summed E-state index contributed by atoms with van der Waals surface area (Å²) >= 11 is 0. The van der Waals surface area contributed by atoms with Crippen molar-refractivity contribution >= 4 is 33.2 Å². The Balaban J connectivity index is 0.00000147. The molecule has 20 heavy (non-hydrogen) atoms. The summed E-state index contributed by atoms with van der Waals surface area (Å²) in [5, 5.41) is 1.53. The third-order valence-corrected chi connectivity index (χ3v) is 5.37. The molecule has 5 nitrogen and oxygen atoms in total. The zero-order valence-corrected chi connectivity index (χ0v) is 12.4. The molecule has 0 radical (unpaired) electrons. The second-order valence-electron chi connectivity index (χ2n) is 4.76. The Hall–Kier alpha value is -1.21. The lowest BCUT2D eigenvalue weighted by atomic mass is 10.2. The summed E-state index contributed by atoms with van der Waals surface area (Å²) in [5.74, 6) is 0.